The van der Waals surface area contributed by atoms with E-state index in [0.717, 1.165) is 44.1 Å². The summed E-state index contributed by atoms with van der Waals surface area (Å²) in [6, 6.07) is 10.2. The quantitative estimate of drug-likeness (QED) is 0.234. The Morgan fingerprint density at radius 1 is 1.15 bits per heavy atom. The molecule has 2 aromatic carbocycles. The van der Waals surface area contributed by atoms with Crippen LogP contribution in [-0.2, 0) is 10.0 Å². The van der Waals surface area contributed by atoms with Gasteiger partial charge in [0.2, 0.25) is 5.88 Å². The van der Waals surface area contributed by atoms with Crippen LogP contribution in [0, 0.1) is 15.9 Å². The van der Waals surface area contributed by atoms with Gasteiger partial charge in [0, 0.05) is 54.8 Å². The van der Waals surface area contributed by atoms with E-state index in [1.54, 1.807) is 12.3 Å². The first kappa shape index (κ1) is 26.5. The minimum Gasteiger partial charge on any atom is -0.474 e. The Morgan fingerprint density at radius 2 is 1.92 bits per heavy atom. The summed E-state index contributed by atoms with van der Waals surface area (Å²) in [5.41, 5.74) is 0.0803. The van der Waals surface area contributed by atoms with Crippen molar-refractivity contribution in [3.05, 3.63) is 76.9 Å². The number of piperidine rings is 1. The van der Waals surface area contributed by atoms with Crippen molar-refractivity contribution < 1.29 is 27.6 Å². The Balaban J connectivity index is 1.41. The van der Waals surface area contributed by atoms with Crippen LogP contribution in [0.15, 0.2) is 65.8 Å². The molecule has 2 N–H and O–H groups in total. The van der Waals surface area contributed by atoms with Crippen LogP contribution in [0.5, 0.6) is 5.88 Å². The highest BCUT2D eigenvalue weighted by molar-refractivity contribution is 7.92. The largest absolute Gasteiger partial charge is 0.474 e. The molecule has 0 atom stereocenters. The van der Waals surface area contributed by atoms with Gasteiger partial charge >= 0.3 is 0 Å². The molecule has 12 nitrogen and oxygen atoms in total. The van der Waals surface area contributed by atoms with Crippen LogP contribution >= 0.6 is 0 Å². The number of aliphatic hydroxyl groups is 1. The van der Waals surface area contributed by atoms with E-state index in [1.165, 1.54) is 35.0 Å². The molecule has 1 fully saturated rings. The zero-order chi connectivity index (χ0) is 27.6. The molecule has 4 aromatic rings. The van der Waals surface area contributed by atoms with E-state index in [2.05, 4.69) is 19.7 Å². The van der Waals surface area contributed by atoms with E-state index in [-0.39, 0.29) is 24.0 Å². The molecule has 39 heavy (non-hydrogen) atoms. The van der Waals surface area contributed by atoms with Crippen molar-refractivity contribution in [2.75, 3.05) is 31.0 Å². The second-order valence-corrected chi connectivity index (χ2v) is 10.7. The maximum atomic E-state index is 15.0. The van der Waals surface area contributed by atoms with E-state index in [0.29, 0.717) is 23.6 Å². The number of sulfonamides is 1. The second kappa shape index (κ2) is 10.9. The minimum absolute atomic E-state index is 0.00550. The number of β-amino-alcohol motifs (C(OH)–C–C–N with tert-alkyl or cyclic N) is 1. The molecule has 0 unspecified atom stereocenters. The normalized spacial score (nSPS) is 14.9. The lowest BCUT2D eigenvalue weighted by Crippen LogP contribution is -2.39. The van der Waals surface area contributed by atoms with Gasteiger partial charge in [-0.05, 0) is 37.1 Å². The van der Waals surface area contributed by atoms with Gasteiger partial charge in [-0.1, -0.05) is 12.1 Å². The van der Waals surface area contributed by atoms with Gasteiger partial charge in [0.15, 0.2) is 10.5 Å². The lowest BCUT2D eigenvalue weighted by atomic mass is 10.1. The molecule has 204 valence electrons. The molecule has 0 aliphatic carbocycles. The molecule has 0 radical (unpaired) electrons. The van der Waals surface area contributed by atoms with Crippen LogP contribution < -0.4 is 9.46 Å². The molecule has 0 spiro atoms. The predicted molar refractivity (Wildman–Crippen MR) is 139 cm³/mol. The van der Waals surface area contributed by atoms with Gasteiger partial charge in [0.25, 0.3) is 15.7 Å². The number of para-hydroxylation sites is 1. The fraction of sp³-hybridized carbons (Fsp3) is 0.280. The number of nitro groups is 1. The molecular formula is C25H25FN6O6S. The molecular weight excluding hydrogens is 531 g/mol. The first-order valence-corrected chi connectivity index (χ1v) is 13.6. The number of hydrogen-bond donors (Lipinski definition) is 2. The molecule has 0 amide bonds. The van der Waals surface area contributed by atoms with Gasteiger partial charge < -0.3 is 14.7 Å². The van der Waals surface area contributed by atoms with Gasteiger partial charge in [-0.2, -0.15) is 10.1 Å². The van der Waals surface area contributed by atoms with Crippen molar-refractivity contribution in [2.24, 2.45) is 0 Å². The smallest absolute Gasteiger partial charge is 0.289 e. The fourth-order valence-electron chi connectivity index (χ4n) is 4.51. The number of nitro benzene ring substituents is 1. The second-order valence-electron chi connectivity index (χ2n) is 9.00. The molecule has 5 rings (SSSR count). The average molecular weight is 557 g/mol. The van der Waals surface area contributed by atoms with E-state index in [9.17, 15) is 22.9 Å². The summed E-state index contributed by atoms with van der Waals surface area (Å²) in [6.45, 7) is 2.33. The highest BCUT2D eigenvalue weighted by Gasteiger charge is 2.26. The standard InChI is InChI=1S/C25H25FN6O6S/c26-21-6-5-17(29-39(36,37)23-4-2-1-3-22(23)32(34)35)15-19(21)20-16-27-31-12-9-24(28-25(20)31)38-18-7-10-30(11-8-18)13-14-33/h1-6,9,12,15-16,18,29,33H,7-8,10-11,13-14H2. The lowest BCUT2D eigenvalue weighted by Gasteiger charge is -2.31. The summed E-state index contributed by atoms with van der Waals surface area (Å²) >= 11 is 0. The summed E-state index contributed by atoms with van der Waals surface area (Å²) in [6.07, 6.45) is 4.54. The van der Waals surface area contributed by atoms with Gasteiger partial charge in [-0.25, -0.2) is 17.3 Å². The number of anilines is 1. The molecule has 14 heteroatoms. The van der Waals surface area contributed by atoms with Crippen molar-refractivity contribution in [1.29, 1.82) is 0 Å². The minimum atomic E-state index is -4.35. The van der Waals surface area contributed by atoms with Crippen LogP contribution in [0.25, 0.3) is 16.8 Å². The number of rotatable bonds is 9. The monoisotopic (exact) mass is 556 g/mol. The lowest BCUT2D eigenvalue weighted by molar-refractivity contribution is -0.387. The van der Waals surface area contributed by atoms with E-state index < -0.39 is 31.3 Å². The zero-order valence-electron chi connectivity index (χ0n) is 20.6. The molecule has 0 saturated carbocycles. The van der Waals surface area contributed by atoms with Crippen molar-refractivity contribution in [1.82, 2.24) is 19.5 Å². The first-order valence-electron chi connectivity index (χ1n) is 12.2. The number of aliphatic hydroxyl groups excluding tert-OH is 1. The summed E-state index contributed by atoms with van der Waals surface area (Å²) in [5, 5.41) is 24.7. The van der Waals surface area contributed by atoms with Crippen molar-refractivity contribution in [2.45, 2.75) is 23.8 Å². The van der Waals surface area contributed by atoms with Gasteiger partial charge in [-0.15, -0.1) is 0 Å². The van der Waals surface area contributed by atoms with Gasteiger partial charge in [0.05, 0.1) is 17.7 Å². The van der Waals surface area contributed by atoms with Crippen molar-refractivity contribution in [3.8, 4) is 17.0 Å². The van der Waals surface area contributed by atoms with E-state index in [1.807, 2.05) is 0 Å². The highest BCUT2D eigenvalue weighted by atomic mass is 32.2. The molecule has 1 aliphatic heterocycles. The van der Waals surface area contributed by atoms with Gasteiger partial charge in [0.1, 0.15) is 11.9 Å². The maximum absolute atomic E-state index is 15.0. The summed E-state index contributed by atoms with van der Waals surface area (Å²) in [7, 11) is -4.35. The maximum Gasteiger partial charge on any atom is 0.289 e. The predicted octanol–water partition coefficient (Wildman–Crippen LogP) is 3.08. The summed E-state index contributed by atoms with van der Waals surface area (Å²) in [5.74, 6) is -0.290. The fourth-order valence-corrected chi connectivity index (χ4v) is 5.73. The van der Waals surface area contributed by atoms with Crippen LogP contribution in [0.3, 0.4) is 0 Å². The Morgan fingerprint density at radius 3 is 2.67 bits per heavy atom. The van der Waals surface area contributed by atoms with Crippen LogP contribution in [-0.4, -0.2) is 70.3 Å². The number of fused-ring (bicyclic) bond motifs is 1. The Hall–Kier alpha value is -4.14. The van der Waals surface area contributed by atoms with Crippen molar-refractivity contribution >= 4 is 27.0 Å². The number of nitrogens with zero attached hydrogens (tertiary/aromatic N) is 5. The molecule has 3 heterocycles. The Labute approximate surface area is 222 Å². The number of aromatic nitrogens is 3. The summed E-state index contributed by atoms with van der Waals surface area (Å²) in [4.78, 5) is 16.7. The third kappa shape index (κ3) is 5.67. The number of nitrogens with one attached hydrogen (secondary N) is 1. The first-order chi connectivity index (χ1) is 18.7. The average Bonchev–Trinajstić information content (AvgIpc) is 3.34. The molecule has 2 aromatic heterocycles. The third-order valence-electron chi connectivity index (χ3n) is 6.44. The topological polar surface area (TPSA) is 152 Å². The zero-order valence-corrected chi connectivity index (χ0v) is 21.4. The summed E-state index contributed by atoms with van der Waals surface area (Å²) < 4.78 is 50.7. The van der Waals surface area contributed by atoms with Crippen LogP contribution in [0.2, 0.25) is 0 Å². The number of hydrogen-bond acceptors (Lipinski definition) is 9. The third-order valence-corrected chi connectivity index (χ3v) is 7.87. The number of benzene rings is 2. The number of ether oxygens (including phenoxy) is 1. The van der Waals surface area contributed by atoms with Crippen molar-refractivity contribution in [3.63, 3.8) is 0 Å². The Bertz CT molecular complexity index is 1620. The Kier molecular flexibility index (Phi) is 7.41. The van der Waals surface area contributed by atoms with Gasteiger partial charge in [-0.3, -0.25) is 14.8 Å². The van der Waals surface area contributed by atoms with Crippen LogP contribution in [0.4, 0.5) is 15.8 Å². The van der Waals surface area contributed by atoms with E-state index in [4.69, 9.17) is 9.84 Å². The highest BCUT2D eigenvalue weighted by Crippen LogP contribution is 2.32. The molecule has 1 saturated heterocycles. The SMILES string of the molecule is O=[N+]([O-])c1ccccc1S(=O)(=O)Nc1ccc(F)c(-c2cnn3ccc(OC4CCN(CCO)CC4)nc23)c1. The van der Waals surface area contributed by atoms with E-state index >= 15 is 0 Å². The molecule has 1 aliphatic rings. The van der Waals surface area contributed by atoms with Crippen LogP contribution in [0.1, 0.15) is 12.8 Å². The number of halogens is 1. The number of likely N-dealkylation sites (tertiary alicyclic amines) is 1. The molecule has 0 bridgehead atoms.